The molecule has 0 amide bonds. The SMILES string of the molecule is C=CCn1c(C)c(C(C)=O)sc1=Nc1ccccc1.Cl. The first-order valence-electron chi connectivity index (χ1n) is 6.05. The molecule has 0 aliphatic rings. The Balaban J connectivity index is 0.00000200. The van der Waals surface area contributed by atoms with Crippen LogP contribution in [-0.4, -0.2) is 10.4 Å². The summed E-state index contributed by atoms with van der Waals surface area (Å²) in [6, 6.07) is 9.74. The number of ketones is 1. The maximum absolute atomic E-state index is 11.6. The quantitative estimate of drug-likeness (QED) is 0.623. The number of carbonyl (C=O) groups is 1. The van der Waals surface area contributed by atoms with E-state index in [-0.39, 0.29) is 18.2 Å². The van der Waals surface area contributed by atoms with Crippen LogP contribution in [0.4, 0.5) is 5.69 Å². The third-order valence-corrected chi connectivity index (χ3v) is 4.05. The van der Waals surface area contributed by atoms with E-state index in [2.05, 4.69) is 11.6 Å². The van der Waals surface area contributed by atoms with Crippen LogP contribution in [0.3, 0.4) is 0 Å². The predicted octanol–water partition coefficient (Wildman–Crippen LogP) is 3.90. The van der Waals surface area contributed by atoms with Crippen LogP contribution in [0.1, 0.15) is 22.3 Å². The molecule has 0 saturated heterocycles. The fourth-order valence-electron chi connectivity index (χ4n) is 1.85. The molecule has 5 heteroatoms. The molecule has 2 aromatic rings. The van der Waals surface area contributed by atoms with E-state index in [1.807, 2.05) is 47.9 Å². The summed E-state index contributed by atoms with van der Waals surface area (Å²) in [6.07, 6.45) is 1.81. The minimum Gasteiger partial charge on any atom is -0.317 e. The monoisotopic (exact) mass is 308 g/mol. The summed E-state index contributed by atoms with van der Waals surface area (Å²) < 4.78 is 2.02. The number of Topliss-reactive ketones (excluding diaryl/α,β-unsaturated/α-hetero) is 1. The Morgan fingerprint density at radius 2 is 2.05 bits per heavy atom. The van der Waals surface area contributed by atoms with Gasteiger partial charge in [0.1, 0.15) is 0 Å². The van der Waals surface area contributed by atoms with Gasteiger partial charge in [0.05, 0.1) is 10.6 Å². The number of thiazole rings is 1. The molecule has 0 bridgehead atoms. The summed E-state index contributed by atoms with van der Waals surface area (Å²) >= 11 is 1.43. The van der Waals surface area contributed by atoms with Crippen molar-refractivity contribution >= 4 is 35.2 Å². The first kappa shape index (κ1) is 16.4. The largest absolute Gasteiger partial charge is 0.317 e. The Labute approximate surface area is 128 Å². The van der Waals surface area contributed by atoms with Crippen molar-refractivity contribution in [1.82, 2.24) is 4.57 Å². The second kappa shape index (κ2) is 7.22. The predicted molar refractivity (Wildman–Crippen MR) is 86.2 cm³/mol. The molecule has 0 N–H and O–H groups in total. The maximum Gasteiger partial charge on any atom is 0.191 e. The summed E-state index contributed by atoms with van der Waals surface area (Å²) in [7, 11) is 0. The van der Waals surface area contributed by atoms with Crippen LogP contribution in [0.5, 0.6) is 0 Å². The molecule has 0 aliphatic heterocycles. The number of aromatic nitrogens is 1. The zero-order chi connectivity index (χ0) is 13.8. The van der Waals surface area contributed by atoms with Gasteiger partial charge in [-0.25, -0.2) is 4.99 Å². The van der Waals surface area contributed by atoms with Crippen LogP contribution in [0.2, 0.25) is 0 Å². The maximum atomic E-state index is 11.6. The average molecular weight is 309 g/mol. The minimum atomic E-state index is 0. The van der Waals surface area contributed by atoms with E-state index in [0.29, 0.717) is 6.54 Å². The molecule has 1 heterocycles. The fourth-order valence-corrected chi connectivity index (χ4v) is 2.91. The summed E-state index contributed by atoms with van der Waals surface area (Å²) in [5, 5.41) is 0. The smallest absolute Gasteiger partial charge is 0.191 e. The second-order valence-corrected chi connectivity index (χ2v) is 5.18. The van der Waals surface area contributed by atoms with Crippen molar-refractivity contribution < 1.29 is 4.79 Å². The van der Waals surface area contributed by atoms with Crippen molar-refractivity contribution in [3.05, 3.63) is 58.4 Å². The Morgan fingerprint density at radius 1 is 1.40 bits per heavy atom. The molecule has 1 aromatic carbocycles. The number of nitrogens with zero attached hydrogens (tertiary/aromatic N) is 2. The molecule has 0 unspecified atom stereocenters. The zero-order valence-corrected chi connectivity index (χ0v) is 13.1. The van der Waals surface area contributed by atoms with Crippen LogP contribution in [-0.2, 0) is 6.54 Å². The number of hydrogen-bond donors (Lipinski definition) is 0. The van der Waals surface area contributed by atoms with Gasteiger partial charge < -0.3 is 4.57 Å². The molecular weight excluding hydrogens is 292 g/mol. The molecule has 1 aromatic heterocycles. The molecule has 0 radical (unpaired) electrons. The minimum absolute atomic E-state index is 0. The highest BCUT2D eigenvalue weighted by Gasteiger charge is 2.12. The molecular formula is C15H17ClN2OS. The van der Waals surface area contributed by atoms with Crippen molar-refractivity contribution in [3.8, 4) is 0 Å². The highest BCUT2D eigenvalue weighted by Crippen LogP contribution is 2.15. The fraction of sp³-hybridized carbons (Fsp3) is 0.200. The molecule has 0 spiro atoms. The number of carbonyl (C=O) groups excluding carboxylic acids is 1. The molecule has 0 fully saturated rings. The number of para-hydroxylation sites is 1. The van der Waals surface area contributed by atoms with Crippen LogP contribution in [0.15, 0.2) is 48.0 Å². The molecule has 0 aliphatic carbocycles. The molecule has 106 valence electrons. The number of allylic oxidation sites excluding steroid dienone is 1. The molecule has 20 heavy (non-hydrogen) atoms. The lowest BCUT2D eigenvalue weighted by molar-refractivity contribution is 0.102. The second-order valence-electron chi connectivity index (χ2n) is 4.20. The van der Waals surface area contributed by atoms with Gasteiger partial charge in [-0.05, 0) is 19.1 Å². The summed E-state index contributed by atoms with van der Waals surface area (Å²) in [5.41, 5.74) is 1.84. The molecule has 3 nitrogen and oxygen atoms in total. The average Bonchev–Trinajstić information content (AvgIpc) is 2.69. The van der Waals surface area contributed by atoms with Crippen LogP contribution in [0.25, 0.3) is 0 Å². The first-order valence-corrected chi connectivity index (χ1v) is 6.87. The van der Waals surface area contributed by atoms with E-state index >= 15 is 0 Å². The normalized spacial score (nSPS) is 11.0. The third-order valence-electron chi connectivity index (χ3n) is 2.77. The Bertz CT molecular complexity index is 671. The standard InChI is InChI=1S/C15H16N2OS.ClH/c1-4-10-17-11(2)14(12(3)18)19-15(17)16-13-8-6-5-7-9-13;/h4-9H,1,10H2,2-3H3;1H. The molecule has 2 rings (SSSR count). The van der Waals surface area contributed by atoms with E-state index < -0.39 is 0 Å². The number of rotatable bonds is 4. The van der Waals surface area contributed by atoms with Gasteiger partial charge in [0.2, 0.25) is 0 Å². The van der Waals surface area contributed by atoms with E-state index in [9.17, 15) is 4.79 Å². The first-order chi connectivity index (χ1) is 9.13. The molecule has 0 atom stereocenters. The van der Waals surface area contributed by atoms with Crippen molar-refractivity contribution in [3.63, 3.8) is 0 Å². The van der Waals surface area contributed by atoms with Crippen molar-refractivity contribution in [2.75, 3.05) is 0 Å². The van der Waals surface area contributed by atoms with Crippen LogP contribution >= 0.6 is 23.7 Å². The van der Waals surface area contributed by atoms with Crippen LogP contribution in [0, 0.1) is 6.92 Å². The number of benzene rings is 1. The van der Waals surface area contributed by atoms with E-state index in [4.69, 9.17) is 0 Å². The zero-order valence-electron chi connectivity index (χ0n) is 11.5. The Kier molecular flexibility index (Phi) is 5.92. The van der Waals surface area contributed by atoms with Gasteiger partial charge in [-0.3, -0.25) is 4.79 Å². The van der Waals surface area contributed by atoms with E-state index in [1.54, 1.807) is 6.92 Å². The summed E-state index contributed by atoms with van der Waals surface area (Å²) in [5.74, 6) is 0.0785. The highest BCUT2D eigenvalue weighted by molar-refractivity contribution is 7.11. The van der Waals surface area contributed by atoms with Gasteiger partial charge in [-0.2, -0.15) is 0 Å². The topological polar surface area (TPSA) is 34.4 Å². The summed E-state index contributed by atoms with van der Waals surface area (Å²) in [6.45, 7) is 7.94. The van der Waals surface area contributed by atoms with Gasteiger partial charge in [-0.15, -0.1) is 19.0 Å². The van der Waals surface area contributed by atoms with Gasteiger partial charge in [0.15, 0.2) is 10.6 Å². The number of halogens is 1. The summed E-state index contributed by atoms with van der Waals surface area (Å²) in [4.78, 5) is 17.8. The lowest BCUT2D eigenvalue weighted by Gasteiger charge is -2.02. The van der Waals surface area contributed by atoms with Crippen LogP contribution < -0.4 is 4.80 Å². The lowest BCUT2D eigenvalue weighted by atomic mass is 10.3. The Hall–Kier alpha value is -1.65. The van der Waals surface area contributed by atoms with Gasteiger partial charge in [0, 0.05) is 19.2 Å². The van der Waals surface area contributed by atoms with Crippen molar-refractivity contribution in [2.45, 2.75) is 20.4 Å². The lowest BCUT2D eigenvalue weighted by Crippen LogP contribution is -2.15. The van der Waals surface area contributed by atoms with Gasteiger partial charge >= 0.3 is 0 Å². The molecule has 0 saturated carbocycles. The highest BCUT2D eigenvalue weighted by atomic mass is 35.5. The van der Waals surface area contributed by atoms with Gasteiger partial charge in [0.25, 0.3) is 0 Å². The van der Waals surface area contributed by atoms with E-state index in [1.165, 1.54) is 11.3 Å². The third kappa shape index (κ3) is 3.46. The van der Waals surface area contributed by atoms with Crippen molar-refractivity contribution in [2.24, 2.45) is 4.99 Å². The van der Waals surface area contributed by atoms with Gasteiger partial charge in [-0.1, -0.05) is 35.6 Å². The van der Waals surface area contributed by atoms with E-state index in [0.717, 1.165) is 21.1 Å². The Morgan fingerprint density at radius 3 is 2.60 bits per heavy atom. The van der Waals surface area contributed by atoms with Crippen molar-refractivity contribution in [1.29, 1.82) is 0 Å². The number of hydrogen-bond acceptors (Lipinski definition) is 3.